The molecule has 0 atom stereocenters. The van der Waals surface area contributed by atoms with Gasteiger partial charge in [0.25, 0.3) is 5.91 Å². The van der Waals surface area contributed by atoms with Gasteiger partial charge in [0.2, 0.25) is 15.9 Å². The fourth-order valence-corrected chi connectivity index (χ4v) is 4.37. The summed E-state index contributed by atoms with van der Waals surface area (Å²) < 4.78 is 30.1. The van der Waals surface area contributed by atoms with Crippen molar-refractivity contribution < 1.29 is 22.7 Å². The summed E-state index contributed by atoms with van der Waals surface area (Å²) in [6.07, 6.45) is -0.0694. The van der Waals surface area contributed by atoms with Crippen LogP contribution in [0.4, 0.5) is 11.4 Å². The zero-order valence-corrected chi connectivity index (χ0v) is 16.2. The van der Waals surface area contributed by atoms with E-state index in [0.717, 1.165) is 9.87 Å². The first-order chi connectivity index (χ1) is 12.7. The SMILES string of the molecule is COc1cc(Cl)c(C)cc1NC(=O)c1cccc(N2C(=O)CCS2(=O)=O)c1. The first-order valence-electron chi connectivity index (χ1n) is 8.04. The quantitative estimate of drug-likeness (QED) is 0.839. The molecule has 1 fully saturated rings. The van der Waals surface area contributed by atoms with Gasteiger partial charge in [-0.1, -0.05) is 17.7 Å². The van der Waals surface area contributed by atoms with Crippen molar-refractivity contribution in [3.8, 4) is 5.75 Å². The number of benzene rings is 2. The standard InChI is InChI=1S/C18H17ClN2O5S/c1-11-8-15(16(26-2)10-14(11)19)20-18(23)12-4-3-5-13(9-12)21-17(22)6-7-27(21,24)25/h3-5,8-10H,6-7H2,1-2H3,(H,20,23). The smallest absolute Gasteiger partial charge is 0.255 e. The van der Waals surface area contributed by atoms with Crippen LogP contribution in [0.15, 0.2) is 36.4 Å². The van der Waals surface area contributed by atoms with Crippen LogP contribution in [-0.4, -0.2) is 33.1 Å². The first kappa shape index (κ1) is 19.2. The van der Waals surface area contributed by atoms with Gasteiger partial charge in [-0.05, 0) is 36.8 Å². The van der Waals surface area contributed by atoms with Gasteiger partial charge >= 0.3 is 0 Å². The molecule has 7 nitrogen and oxygen atoms in total. The average molecular weight is 409 g/mol. The molecule has 0 bridgehead atoms. The van der Waals surface area contributed by atoms with Gasteiger partial charge in [0.15, 0.2) is 0 Å². The molecule has 1 heterocycles. The van der Waals surface area contributed by atoms with Crippen molar-refractivity contribution in [2.24, 2.45) is 0 Å². The summed E-state index contributed by atoms with van der Waals surface area (Å²) in [4.78, 5) is 24.6. The summed E-state index contributed by atoms with van der Waals surface area (Å²) >= 11 is 6.06. The van der Waals surface area contributed by atoms with E-state index < -0.39 is 21.8 Å². The first-order valence-corrected chi connectivity index (χ1v) is 10.0. The van der Waals surface area contributed by atoms with E-state index in [0.29, 0.717) is 16.5 Å². The Hall–Kier alpha value is -2.58. The predicted octanol–water partition coefficient (Wildman–Crippen LogP) is 2.98. The normalized spacial score (nSPS) is 15.7. The van der Waals surface area contributed by atoms with Crippen molar-refractivity contribution >= 4 is 44.8 Å². The second-order valence-corrected chi connectivity index (χ2v) is 8.37. The molecule has 27 heavy (non-hydrogen) atoms. The van der Waals surface area contributed by atoms with Crippen LogP contribution < -0.4 is 14.4 Å². The van der Waals surface area contributed by atoms with Crippen LogP contribution in [0.5, 0.6) is 5.75 Å². The number of hydrogen-bond acceptors (Lipinski definition) is 5. The van der Waals surface area contributed by atoms with E-state index >= 15 is 0 Å². The van der Waals surface area contributed by atoms with E-state index in [-0.39, 0.29) is 23.4 Å². The lowest BCUT2D eigenvalue weighted by atomic mass is 10.1. The van der Waals surface area contributed by atoms with Crippen molar-refractivity contribution in [3.05, 3.63) is 52.5 Å². The molecule has 1 aliphatic rings. The number of carbonyl (C=O) groups excluding carboxylic acids is 2. The van der Waals surface area contributed by atoms with Gasteiger partial charge < -0.3 is 10.1 Å². The second kappa shape index (κ2) is 7.21. The molecule has 2 aromatic carbocycles. The Morgan fingerprint density at radius 2 is 2.00 bits per heavy atom. The molecule has 0 saturated carbocycles. The monoisotopic (exact) mass is 408 g/mol. The van der Waals surface area contributed by atoms with Crippen LogP contribution in [0.1, 0.15) is 22.3 Å². The lowest BCUT2D eigenvalue weighted by Crippen LogP contribution is -2.29. The maximum absolute atomic E-state index is 12.6. The van der Waals surface area contributed by atoms with E-state index in [4.69, 9.17) is 16.3 Å². The van der Waals surface area contributed by atoms with Crippen LogP contribution in [0, 0.1) is 6.92 Å². The van der Waals surface area contributed by atoms with E-state index in [1.807, 2.05) is 0 Å². The number of hydrogen-bond donors (Lipinski definition) is 1. The third-order valence-electron chi connectivity index (χ3n) is 4.15. The van der Waals surface area contributed by atoms with Gasteiger partial charge in [0.1, 0.15) is 5.75 Å². The van der Waals surface area contributed by atoms with Crippen molar-refractivity contribution in [3.63, 3.8) is 0 Å². The molecule has 2 aromatic rings. The highest BCUT2D eigenvalue weighted by atomic mass is 35.5. The predicted molar refractivity (Wildman–Crippen MR) is 103 cm³/mol. The molecular weight excluding hydrogens is 392 g/mol. The van der Waals surface area contributed by atoms with Crippen molar-refractivity contribution in [1.82, 2.24) is 0 Å². The number of halogens is 1. The molecule has 0 spiro atoms. The van der Waals surface area contributed by atoms with Crippen LogP contribution in [0.25, 0.3) is 0 Å². The highest BCUT2D eigenvalue weighted by Gasteiger charge is 2.36. The van der Waals surface area contributed by atoms with Gasteiger partial charge in [-0.3, -0.25) is 9.59 Å². The lowest BCUT2D eigenvalue weighted by molar-refractivity contribution is -0.116. The topological polar surface area (TPSA) is 92.8 Å². The molecule has 2 amide bonds. The Kier molecular flexibility index (Phi) is 5.12. The van der Waals surface area contributed by atoms with Crippen molar-refractivity contribution in [1.29, 1.82) is 0 Å². The molecule has 9 heteroatoms. The number of rotatable bonds is 4. The zero-order chi connectivity index (χ0) is 19.8. The van der Waals surface area contributed by atoms with Crippen LogP contribution >= 0.6 is 11.6 Å². The van der Waals surface area contributed by atoms with Gasteiger partial charge in [-0.2, -0.15) is 0 Å². The Morgan fingerprint density at radius 3 is 2.63 bits per heavy atom. The van der Waals surface area contributed by atoms with Gasteiger partial charge in [0.05, 0.1) is 24.2 Å². The minimum Gasteiger partial charge on any atom is -0.495 e. The van der Waals surface area contributed by atoms with E-state index in [9.17, 15) is 18.0 Å². The second-order valence-electron chi connectivity index (χ2n) is 6.03. The molecular formula is C18H17ClN2O5S. The number of nitrogens with one attached hydrogen (secondary N) is 1. The van der Waals surface area contributed by atoms with Gasteiger partial charge in [0, 0.05) is 23.1 Å². The average Bonchev–Trinajstić information content (AvgIpc) is 2.90. The molecule has 0 unspecified atom stereocenters. The van der Waals surface area contributed by atoms with Crippen molar-refractivity contribution in [2.75, 3.05) is 22.5 Å². The lowest BCUT2D eigenvalue weighted by Gasteiger charge is -2.16. The summed E-state index contributed by atoms with van der Waals surface area (Å²) in [6.45, 7) is 1.79. The summed E-state index contributed by atoms with van der Waals surface area (Å²) in [6, 6.07) is 9.17. The van der Waals surface area contributed by atoms with E-state index in [1.165, 1.54) is 31.4 Å². The molecule has 1 saturated heterocycles. The third-order valence-corrected chi connectivity index (χ3v) is 6.25. The minimum absolute atomic E-state index is 0.0694. The van der Waals surface area contributed by atoms with E-state index in [2.05, 4.69) is 5.32 Å². The number of anilines is 2. The Morgan fingerprint density at radius 1 is 1.26 bits per heavy atom. The molecule has 1 N–H and O–H groups in total. The maximum atomic E-state index is 12.6. The molecule has 0 aliphatic carbocycles. The minimum atomic E-state index is -3.69. The highest BCUT2D eigenvalue weighted by molar-refractivity contribution is 7.94. The Balaban J connectivity index is 1.91. The number of sulfonamides is 1. The van der Waals surface area contributed by atoms with Gasteiger partial charge in [-0.15, -0.1) is 0 Å². The molecule has 142 valence electrons. The number of carbonyl (C=O) groups is 2. The summed E-state index contributed by atoms with van der Waals surface area (Å²) in [5.74, 6) is -0.820. The van der Waals surface area contributed by atoms with E-state index in [1.54, 1.807) is 19.1 Å². The Bertz CT molecular complexity index is 1040. The van der Waals surface area contributed by atoms with Crippen LogP contribution in [0.3, 0.4) is 0 Å². The number of methoxy groups -OCH3 is 1. The van der Waals surface area contributed by atoms with Gasteiger partial charge in [-0.25, -0.2) is 12.7 Å². The number of amides is 2. The zero-order valence-electron chi connectivity index (χ0n) is 14.7. The summed E-state index contributed by atoms with van der Waals surface area (Å²) in [5, 5.41) is 3.22. The molecule has 3 rings (SSSR count). The number of aryl methyl sites for hydroxylation is 1. The number of nitrogens with zero attached hydrogens (tertiary/aromatic N) is 1. The molecule has 1 aliphatic heterocycles. The van der Waals surface area contributed by atoms with Crippen molar-refractivity contribution in [2.45, 2.75) is 13.3 Å². The fraction of sp³-hybridized carbons (Fsp3) is 0.222. The fourth-order valence-electron chi connectivity index (χ4n) is 2.77. The summed E-state index contributed by atoms with van der Waals surface area (Å²) in [5.41, 5.74) is 1.54. The maximum Gasteiger partial charge on any atom is 0.255 e. The van der Waals surface area contributed by atoms with Crippen LogP contribution in [0.2, 0.25) is 5.02 Å². The molecule has 0 aromatic heterocycles. The Labute approximate surface area is 161 Å². The third kappa shape index (κ3) is 3.77. The summed E-state index contributed by atoms with van der Waals surface area (Å²) in [7, 11) is -2.23. The molecule has 0 radical (unpaired) electrons. The largest absolute Gasteiger partial charge is 0.495 e. The van der Waals surface area contributed by atoms with Crippen LogP contribution in [-0.2, 0) is 14.8 Å². The number of ether oxygens (including phenoxy) is 1. The highest BCUT2D eigenvalue weighted by Crippen LogP contribution is 2.32.